The maximum absolute atomic E-state index is 8.24. The molecule has 4 N–H and O–H groups in total. The molecule has 0 aliphatic rings. The molecule has 3 nitrogen and oxygen atoms in total. The van der Waals surface area contributed by atoms with Gasteiger partial charge in [-0.05, 0) is 18.6 Å². The predicted octanol–water partition coefficient (Wildman–Crippen LogP) is 1.90. The fourth-order valence-electron chi connectivity index (χ4n) is 0. The molecule has 0 aromatic carbocycles. The van der Waals surface area contributed by atoms with Gasteiger partial charge in [0.2, 0.25) is 0 Å². The molecule has 0 rings (SSSR count). The van der Waals surface area contributed by atoms with Gasteiger partial charge in [-0.1, -0.05) is 21.6 Å². The Bertz CT molecular complexity index is 51.2. The maximum Gasteiger partial charge on any atom is -0.00793 e. The smallest absolute Gasteiger partial charge is 0.00793 e. The monoisotopic (exact) mass is 154 g/mol. The Kier molecular flexibility index (Phi) is 54.5. The molecule has 8 heavy (non-hydrogen) atoms. The van der Waals surface area contributed by atoms with Crippen molar-refractivity contribution in [2.24, 2.45) is 0 Å². The highest BCUT2D eigenvalue weighted by molar-refractivity contribution is 8.76. The summed E-state index contributed by atoms with van der Waals surface area (Å²) in [6, 6.07) is 0. The Morgan fingerprint density at radius 2 is 1.50 bits per heavy atom. The van der Waals surface area contributed by atoms with E-state index in [1.54, 1.807) is 21.6 Å². The van der Waals surface area contributed by atoms with Crippen molar-refractivity contribution in [2.75, 3.05) is 12.5 Å². The molecule has 0 bridgehead atoms. The third-order valence-corrected chi connectivity index (χ3v) is 1.50. The van der Waals surface area contributed by atoms with Crippen LogP contribution in [0.4, 0.5) is 0 Å². The van der Waals surface area contributed by atoms with E-state index in [9.17, 15) is 0 Å². The summed E-state index contributed by atoms with van der Waals surface area (Å²) in [6.45, 7) is 0. The molecule has 0 atom stereocenters. The number of isocyanates is 1. The van der Waals surface area contributed by atoms with Crippen LogP contribution in [0.3, 0.4) is 0 Å². The van der Waals surface area contributed by atoms with Gasteiger partial charge < -0.3 is 11.6 Å². The van der Waals surface area contributed by atoms with Gasteiger partial charge in [0.15, 0.2) is 0 Å². The molecule has 0 aliphatic heterocycles. The number of rotatable bonds is 1. The summed E-state index contributed by atoms with van der Waals surface area (Å²) >= 11 is 0. The molecule has 0 unspecified atom stereocenters. The minimum Gasteiger partial charge on any atom is -0.724 e. The van der Waals surface area contributed by atoms with Crippen LogP contribution < -0.4 is 6.15 Å². The van der Waals surface area contributed by atoms with Crippen LogP contribution in [-0.4, -0.2) is 18.6 Å². The van der Waals surface area contributed by atoms with Crippen molar-refractivity contribution in [1.29, 1.82) is 0 Å². The number of hydrogen-bond acceptors (Lipinski definition) is 3. The standard InChI is InChI=1S/C2H6S2.CNO.H3N/c1-3-4-2;2-1-3;/h1-2H3;;1H3/q;-1;/p+1. The Balaban J connectivity index is -0.0000000575. The van der Waals surface area contributed by atoms with E-state index in [0.717, 1.165) is 0 Å². The molecular formula is C3H10N2OS2. The molecule has 0 aromatic heterocycles. The first-order valence-corrected chi connectivity index (χ1v) is 4.38. The molecule has 0 aliphatic carbocycles. The lowest BCUT2D eigenvalue weighted by molar-refractivity contribution is 0.569. The topological polar surface area (TPSA) is 75.9 Å². The van der Waals surface area contributed by atoms with E-state index in [2.05, 4.69) is 12.5 Å². The van der Waals surface area contributed by atoms with E-state index in [1.165, 1.54) is 0 Å². The van der Waals surface area contributed by atoms with Crippen molar-refractivity contribution in [2.45, 2.75) is 0 Å². The number of nitrogens with zero attached hydrogens (tertiary/aromatic N) is 1. The van der Waals surface area contributed by atoms with Gasteiger partial charge in [-0.15, -0.1) is 0 Å². The summed E-state index contributed by atoms with van der Waals surface area (Å²) in [4.78, 5) is 8.24. The largest absolute Gasteiger partial charge is 0.724 e. The zero-order chi connectivity index (χ0) is 6.12. The van der Waals surface area contributed by atoms with E-state index in [4.69, 9.17) is 10.2 Å². The quantitative estimate of drug-likeness (QED) is 0.356. The van der Waals surface area contributed by atoms with Crippen LogP contribution in [0, 0.1) is 0 Å². The molecule has 0 saturated heterocycles. The Labute approximate surface area is 57.1 Å². The highest BCUT2D eigenvalue weighted by Gasteiger charge is 1.55. The first-order chi connectivity index (χ1) is 3.33. The van der Waals surface area contributed by atoms with E-state index < -0.39 is 0 Å². The van der Waals surface area contributed by atoms with Gasteiger partial charge in [0.05, 0.1) is 0 Å². The van der Waals surface area contributed by atoms with Crippen molar-refractivity contribution in [3.05, 3.63) is 5.41 Å². The summed E-state index contributed by atoms with van der Waals surface area (Å²) in [5.74, 6) is 0. The molecule has 0 radical (unpaired) electrons. The first-order valence-electron chi connectivity index (χ1n) is 1.41. The average Bonchev–Trinajstić information content (AvgIpc) is 1.69. The zero-order valence-electron chi connectivity index (χ0n) is 5.17. The number of carbonyl (C=O) groups excluding carboxylic acids is 1. The molecule has 0 spiro atoms. The molecule has 0 saturated carbocycles. The van der Waals surface area contributed by atoms with Gasteiger partial charge >= 0.3 is 0 Å². The van der Waals surface area contributed by atoms with Crippen molar-refractivity contribution in [3.63, 3.8) is 0 Å². The molecule has 0 fully saturated rings. The molecule has 50 valence electrons. The van der Waals surface area contributed by atoms with Crippen molar-refractivity contribution in [3.8, 4) is 0 Å². The second kappa shape index (κ2) is 27.8. The van der Waals surface area contributed by atoms with Gasteiger partial charge in [0.1, 0.15) is 0 Å². The van der Waals surface area contributed by atoms with E-state index in [0.29, 0.717) is 6.08 Å². The molecule has 0 heterocycles. The van der Waals surface area contributed by atoms with Crippen molar-refractivity contribution in [1.82, 2.24) is 6.15 Å². The zero-order valence-corrected chi connectivity index (χ0v) is 6.80. The highest BCUT2D eigenvalue weighted by Crippen LogP contribution is 2.09. The second-order valence-corrected chi connectivity index (χ2v) is 3.09. The van der Waals surface area contributed by atoms with Crippen molar-refractivity contribution < 1.29 is 4.79 Å². The molecular weight excluding hydrogens is 144 g/mol. The van der Waals surface area contributed by atoms with Gasteiger partial charge in [-0.2, -0.15) is 0 Å². The number of quaternary nitrogens is 1. The first kappa shape index (κ1) is 15.7. The van der Waals surface area contributed by atoms with E-state index >= 15 is 0 Å². The third kappa shape index (κ3) is 142. The lowest BCUT2D eigenvalue weighted by Gasteiger charge is -1.69. The van der Waals surface area contributed by atoms with Gasteiger partial charge in [0, 0.05) is 0 Å². The Hall–Kier alpha value is 0.0400. The second-order valence-electron chi connectivity index (χ2n) is 0.425. The fraction of sp³-hybridized carbons (Fsp3) is 0.667. The minimum absolute atomic E-state index is 0. The highest BCUT2D eigenvalue weighted by atomic mass is 33.1. The minimum atomic E-state index is 0. The maximum atomic E-state index is 8.24. The molecule has 5 heteroatoms. The normalized spacial score (nSPS) is 4.75. The van der Waals surface area contributed by atoms with Crippen LogP contribution in [0.2, 0.25) is 0 Å². The summed E-state index contributed by atoms with van der Waals surface area (Å²) in [5.41, 5.74) is 0. The average molecular weight is 154 g/mol. The van der Waals surface area contributed by atoms with Crippen LogP contribution in [0.1, 0.15) is 0 Å². The van der Waals surface area contributed by atoms with Crippen molar-refractivity contribution >= 4 is 27.7 Å². The molecule has 0 amide bonds. The Morgan fingerprint density at radius 1 is 1.38 bits per heavy atom. The van der Waals surface area contributed by atoms with Gasteiger partial charge in [-0.25, -0.2) is 0 Å². The van der Waals surface area contributed by atoms with Gasteiger partial charge in [0.25, 0.3) is 0 Å². The summed E-state index contributed by atoms with van der Waals surface area (Å²) in [5, 5.41) is 6.76. The van der Waals surface area contributed by atoms with Crippen LogP contribution in [0.5, 0.6) is 0 Å². The van der Waals surface area contributed by atoms with Crippen LogP contribution >= 0.6 is 21.6 Å². The predicted molar refractivity (Wildman–Crippen MR) is 42.1 cm³/mol. The van der Waals surface area contributed by atoms with Crippen LogP contribution in [-0.2, 0) is 4.79 Å². The molecule has 0 aromatic rings. The number of hydrogen-bond donors (Lipinski definition) is 1. The van der Waals surface area contributed by atoms with Gasteiger partial charge in [-0.3, -0.25) is 4.79 Å². The SMILES string of the molecule is CSSC.[N-]=C=O.[NH4+]. The summed E-state index contributed by atoms with van der Waals surface area (Å²) in [7, 11) is 3.55. The van der Waals surface area contributed by atoms with Crippen LogP contribution in [0.25, 0.3) is 5.41 Å². The lowest BCUT2D eigenvalue weighted by Crippen LogP contribution is -1.28. The van der Waals surface area contributed by atoms with E-state index in [-0.39, 0.29) is 6.15 Å². The van der Waals surface area contributed by atoms with Crippen LogP contribution in [0.15, 0.2) is 0 Å². The van der Waals surface area contributed by atoms with E-state index in [1.807, 2.05) is 0 Å². The third-order valence-electron chi connectivity index (χ3n) is 0.167. The Morgan fingerprint density at radius 3 is 1.50 bits per heavy atom. The fourth-order valence-corrected chi connectivity index (χ4v) is 0. The lowest BCUT2D eigenvalue weighted by atomic mass is 11.7. The summed E-state index contributed by atoms with van der Waals surface area (Å²) < 4.78 is 0. The summed E-state index contributed by atoms with van der Waals surface area (Å²) in [6.07, 6.45) is 4.62.